The van der Waals surface area contributed by atoms with Gasteiger partial charge in [0.05, 0.1) is 0 Å². The fourth-order valence-electron chi connectivity index (χ4n) is 0.975. The Hall–Kier alpha value is -1.09. The maximum absolute atomic E-state index is 11.0. The standard InChI is InChI=1S/C10H13NOS/c1-2-3-10(12)11-6-4-9-5-7-13-8-9/h2-3,5,7-8H,4,6H2,1H3,(H,11,12)/b3-2+. The first kappa shape index (κ1) is 9.99. The second kappa shape index (κ2) is 5.54. The number of thiophene rings is 1. The van der Waals surface area contributed by atoms with E-state index in [0.29, 0.717) is 6.54 Å². The summed E-state index contributed by atoms with van der Waals surface area (Å²) in [6, 6.07) is 2.08. The monoisotopic (exact) mass is 195 g/mol. The van der Waals surface area contributed by atoms with Gasteiger partial charge in [-0.05, 0) is 41.8 Å². The summed E-state index contributed by atoms with van der Waals surface area (Å²) in [5.74, 6) is -0.0160. The Morgan fingerprint density at radius 2 is 2.54 bits per heavy atom. The van der Waals surface area contributed by atoms with Crippen molar-refractivity contribution in [3.8, 4) is 0 Å². The third-order valence-corrected chi connectivity index (χ3v) is 2.34. The second-order valence-electron chi connectivity index (χ2n) is 2.67. The lowest BCUT2D eigenvalue weighted by molar-refractivity contribution is -0.116. The maximum atomic E-state index is 11.0. The van der Waals surface area contributed by atoms with E-state index in [4.69, 9.17) is 0 Å². The molecule has 0 aliphatic carbocycles. The predicted molar refractivity (Wildman–Crippen MR) is 55.8 cm³/mol. The van der Waals surface area contributed by atoms with Crippen molar-refractivity contribution in [2.45, 2.75) is 13.3 Å². The molecule has 0 aliphatic heterocycles. The Morgan fingerprint density at radius 3 is 3.15 bits per heavy atom. The van der Waals surface area contributed by atoms with E-state index >= 15 is 0 Å². The second-order valence-corrected chi connectivity index (χ2v) is 3.45. The van der Waals surface area contributed by atoms with Crippen LogP contribution >= 0.6 is 11.3 Å². The summed E-state index contributed by atoms with van der Waals surface area (Å²) in [6.07, 6.45) is 4.18. The van der Waals surface area contributed by atoms with Gasteiger partial charge in [-0.25, -0.2) is 0 Å². The van der Waals surface area contributed by atoms with Gasteiger partial charge in [0.2, 0.25) is 5.91 Å². The van der Waals surface area contributed by atoms with Gasteiger partial charge in [0.1, 0.15) is 0 Å². The Bertz CT molecular complexity index is 277. The SMILES string of the molecule is C/C=C/C(=O)NCCc1ccsc1. The average Bonchev–Trinajstić information content (AvgIpc) is 2.57. The van der Waals surface area contributed by atoms with Crippen molar-refractivity contribution in [1.82, 2.24) is 5.32 Å². The van der Waals surface area contributed by atoms with E-state index < -0.39 is 0 Å². The van der Waals surface area contributed by atoms with Gasteiger partial charge in [-0.15, -0.1) is 0 Å². The molecule has 1 aromatic rings. The number of carbonyl (C=O) groups excluding carboxylic acids is 1. The van der Waals surface area contributed by atoms with Crippen molar-refractivity contribution in [3.63, 3.8) is 0 Å². The van der Waals surface area contributed by atoms with E-state index in [-0.39, 0.29) is 5.91 Å². The molecule has 1 aromatic heterocycles. The van der Waals surface area contributed by atoms with Crippen LogP contribution in [0.5, 0.6) is 0 Å². The minimum atomic E-state index is -0.0160. The lowest BCUT2D eigenvalue weighted by Gasteiger charge is -1.99. The summed E-state index contributed by atoms with van der Waals surface area (Å²) in [4.78, 5) is 11.0. The number of allylic oxidation sites excluding steroid dienone is 1. The Kier molecular flexibility index (Phi) is 4.26. The van der Waals surface area contributed by atoms with Crippen LogP contribution in [0.2, 0.25) is 0 Å². The number of hydrogen-bond donors (Lipinski definition) is 1. The van der Waals surface area contributed by atoms with Gasteiger partial charge in [0.25, 0.3) is 0 Å². The first-order valence-corrected chi connectivity index (χ1v) is 5.19. The number of rotatable bonds is 4. The number of nitrogens with one attached hydrogen (secondary N) is 1. The molecule has 13 heavy (non-hydrogen) atoms. The predicted octanol–water partition coefficient (Wildman–Crippen LogP) is 1.98. The van der Waals surface area contributed by atoms with Gasteiger partial charge in [-0.2, -0.15) is 11.3 Å². The largest absolute Gasteiger partial charge is 0.352 e. The van der Waals surface area contributed by atoms with Gasteiger partial charge in [-0.3, -0.25) is 4.79 Å². The molecule has 0 saturated heterocycles. The molecule has 3 heteroatoms. The van der Waals surface area contributed by atoms with Gasteiger partial charge < -0.3 is 5.32 Å². The molecular weight excluding hydrogens is 182 g/mol. The molecule has 2 nitrogen and oxygen atoms in total. The fourth-order valence-corrected chi connectivity index (χ4v) is 1.68. The Labute approximate surface area is 82.3 Å². The summed E-state index contributed by atoms with van der Waals surface area (Å²) in [5, 5.41) is 6.94. The van der Waals surface area contributed by atoms with Crippen molar-refractivity contribution >= 4 is 17.2 Å². The highest BCUT2D eigenvalue weighted by atomic mass is 32.1. The molecule has 0 spiro atoms. The van der Waals surface area contributed by atoms with Crippen molar-refractivity contribution in [2.75, 3.05) is 6.54 Å². The third kappa shape index (κ3) is 3.90. The third-order valence-electron chi connectivity index (χ3n) is 1.61. The minimum absolute atomic E-state index is 0.0160. The molecule has 0 unspecified atom stereocenters. The van der Waals surface area contributed by atoms with Crippen molar-refractivity contribution in [3.05, 3.63) is 34.5 Å². The zero-order chi connectivity index (χ0) is 9.52. The number of amides is 1. The molecule has 70 valence electrons. The molecule has 1 N–H and O–H groups in total. The van der Waals surface area contributed by atoms with E-state index in [1.807, 2.05) is 12.3 Å². The molecule has 1 rings (SSSR count). The van der Waals surface area contributed by atoms with Crippen LogP contribution in [0.1, 0.15) is 12.5 Å². The molecule has 1 heterocycles. The van der Waals surface area contributed by atoms with E-state index in [1.165, 1.54) is 11.6 Å². The normalized spacial score (nSPS) is 10.5. The van der Waals surface area contributed by atoms with E-state index in [0.717, 1.165) is 6.42 Å². The highest BCUT2D eigenvalue weighted by Gasteiger charge is 1.95. The Balaban J connectivity index is 2.18. The zero-order valence-electron chi connectivity index (χ0n) is 7.62. The summed E-state index contributed by atoms with van der Waals surface area (Å²) >= 11 is 1.68. The van der Waals surface area contributed by atoms with Gasteiger partial charge in [0, 0.05) is 6.54 Å². The fraction of sp³-hybridized carbons (Fsp3) is 0.300. The topological polar surface area (TPSA) is 29.1 Å². The zero-order valence-corrected chi connectivity index (χ0v) is 8.43. The summed E-state index contributed by atoms with van der Waals surface area (Å²) in [7, 11) is 0. The van der Waals surface area contributed by atoms with Crippen molar-refractivity contribution in [1.29, 1.82) is 0 Å². The van der Waals surface area contributed by atoms with Gasteiger partial charge in [0.15, 0.2) is 0 Å². The summed E-state index contributed by atoms with van der Waals surface area (Å²) in [6.45, 7) is 2.54. The molecule has 0 aliphatic rings. The molecule has 1 amide bonds. The molecule has 0 saturated carbocycles. The molecule has 0 atom stereocenters. The molecule has 0 aromatic carbocycles. The van der Waals surface area contributed by atoms with E-state index in [9.17, 15) is 4.79 Å². The highest BCUT2D eigenvalue weighted by Crippen LogP contribution is 2.05. The van der Waals surface area contributed by atoms with Crippen LogP contribution in [0.3, 0.4) is 0 Å². The van der Waals surface area contributed by atoms with Crippen molar-refractivity contribution < 1.29 is 4.79 Å². The number of hydrogen-bond acceptors (Lipinski definition) is 2. The van der Waals surface area contributed by atoms with Crippen LogP contribution in [0, 0.1) is 0 Å². The minimum Gasteiger partial charge on any atom is -0.352 e. The van der Waals surface area contributed by atoms with Crippen LogP contribution in [0.15, 0.2) is 29.0 Å². The van der Waals surface area contributed by atoms with Crippen LogP contribution in [-0.4, -0.2) is 12.5 Å². The van der Waals surface area contributed by atoms with Crippen LogP contribution < -0.4 is 5.32 Å². The highest BCUT2D eigenvalue weighted by molar-refractivity contribution is 7.07. The molecule has 0 bridgehead atoms. The number of carbonyl (C=O) groups is 1. The van der Waals surface area contributed by atoms with Crippen LogP contribution in [-0.2, 0) is 11.2 Å². The van der Waals surface area contributed by atoms with Gasteiger partial charge >= 0.3 is 0 Å². The molecule has 0 radical (unpaired) electrons. The molecular formula is C10H13NOS. The van der Waals surface area contributed by atoms with E-state index in [2.05, 4.69) is 16.8 Å². The summed E-state index contributed by atoms with van der Waals surface area (Å²) in [5.41, 5.74) is 1.28. The average molecular weight is 195 g/mol. The quantitative estimate of drug-likeness (QED) is 0.731. The molecule has 0 fully saturated rings. The first-order valence-electron chi connectivity index (χ1n) is 4.24. The first-order chi connectivity index (χ1) is 6.33. The lowest BCUT2D eigenvalue weighted by atomic mass is 10.2. The van der Waals surface area contributed by atoms with Crippen LogP contribution in [0.4, 0.5) is 0 Å². The smallest absolute Gasteiger partial charge is 0.243 e. The maximum Gasteiger partial charge on any atom is 0.243 e. The van der Waals surface area contributed by atoms with Crippen molar-refractivity contribution in [2.24, 2.45) is 0 Å². The van der Waals surface area contributed by atoms with E-state index in [1.54, 1.807) is 17.4 Å². The lowest BCUT2D eigenvalue weighted by Crippen LogP contribution is -2.23. The Morgan fingerprint density at radius 1 is 1.69 bits per heavy atom. The van der Waals surface area contributed by atoms with Gasteiger partial charge in [-0.1, -0.05) is 6.08 Å². The van der Waals surface area contributed by atoms with Crippen LogP contribution in [0.25, 0.3) is 0 Å². The summed E-state index contributed by atoms with van der Waals surface area (Å²) < 4.78 is 0.